The average Bonchev–Trinajstić information content (AvgIpc) is 2.88. The lowest BCUT2D eigenvalue weighted by Crippen LogP contribution is -2.42. The van der Waals surface area contributed by atoms with Crippen molar-refractivity contribution in [3.05, 3.63) is 41.1 Å². The number of hydrogen-bond acceptors (Lipinski definition) is 5. The Morgan fingerprint density at radius 2 is 2.24 bits per heavy atom. The van der Waals surface area contributed by atoms with Gasteiger partial charge in [-0.05, 0) is 36.5 Å². The number of rotatable bonds is 3. The molecule has 6 heteroatoms. The molecule has 0 fully saturated rings. The van der Waals surface area contributed by atoms with Crippen LogP contribution in [0.1, 0.15) is 21.6 Å². The van der Waals surface area contributed by atoms with E-state index in [-0.39, 0.29) is 11.9 Å². The first kappa shape index (κ1) is 13.9. The lowest BCUT2D eigenvalue weighted by atomic mass is 10.0. The summed E-state index contributed by atoms with van der Waals surface area (Å²) in [6, 6.07) is 7.91. The number of para-hydroxylation sites is 1. The number of nitrogens with zero attached hydrogens (tertiary/aromatic N) is 1. The quantitative estimate of drug-likeness (QED) is 0.912. The molecule has 1 atom stereocenters. The molecule has 110 valence electrons. The summed E-state index contributed by atoms with van der Waals surface area (Å²) in [6.45, 7) is 2.34. The first-order chi connectivity index (χ1) is 10.2. The van der Waals surface area contributed by atoms with Gasteiger partial charge in [-0.3, -0.25) is 4.79 Å². The van der Waals surface area contributed by atoms with Crippen molar-refractivity contribution in [2.75, 3.05) is 19.0 Å². The molecule has 0 unspecified atom stereocenters. The fourth-order valence-corrected chi connectivity index (χ4v) is 3.23. The summed E-state index contributed by atoms with van der Waals surface area (Å²) in [5.41, 5.74) is 2.50. The van der Waals surface area contributed by atoms with Gasteiger partial charge in [0.1, 0.15) is 17.4 Å². The predicted octanol–water partition coefficient (Wildman–Crippen LogP) is 2.23. The zero-order valence-corrected chi connectivity index (χ0v) is 12.8. The number of aromatic nitrogens is 1. The molecule has 1 aliphatic heterocycles. The van der Waals surface area contributed by atoms with Gasteiger partial charge in [0.2, 0.25) is 0 Å². The van der Waals surface area contributed by atoms with E-state index in [9.17, 15) is 4.79 Å². The molecule has 21 heavy (non-hydrogen) atoms. The number of ether oxygens (including phenoxy) is 1. The number of carbonyl (C=O) groups excluding carboxylic acids is 1. The zero-order valence-electron chi connectivity index (χ0n) is 12.0. The van der Waals surface area contributed by atoms with Crippen molar-refractivity contribution in [2.45, 2.75) is 19.4 Å². The Labute approximate surface area is 127 Å². The molecule has 2 heterocycles. The number of amides is 1. The molecule has 0 spiro atoms. The minimum absolute atomic E-state index is 0.0172. The maximum Gasteiger partial charge on any atom is 0.256 e. The first-order valence-electron chi connectivity index (χ1n) is 6.84. The first-order valence-corrected chi connectivity index (χ1v) is 7.62. The van der Waals surface area contributed by atoms with E-state index in [1.54, 1.807) is 7.05 Å². The van der Waals surface area contributed by atoms with E-state index in [4.69, 9.17) is 4.74 Å². The Morgan fingerprint density at radius 3 is 3.05 bits per heavy atom. The third-order valence-electron chi connectivity index (χ3n) is 3.53. The van der Waals surface area contributed by atoms with Crippen molar-refractivity contribution in [3.8, 4) is 5.75 Å². The van der Waals surface area contributed by atoms with Crippen molar-refractivity contribution in [1.82, 2.24) is 9.69 Å². The Balaban J connectivity index is 1.73. The molecule has 0 radical (unpaired) electrons. The topological polar surface area (TPSA) is 63.2 Å². The summed E-state index contributed by atoms with van der Waals surface area (Å²) in [7, 11) is 1.80. The molecule has 0 bridgehead atoms. The van der Waals surface area contributed by atoms with Crippen LogP contribution in [0.15, 0.2) is 24.3 Å². The summed E-state index contributed by atoms with van der Waals surface area (Å²) in [5, 5.41) is 6.85. The molecule has 0 aliphatic carbocycles. The molecule has 5 nitrogen and oxygen atoms in total. The maximum absolute atomic E-state index is 12.4. The lowest BCUT2D eigenvalue weighted by molar-refractivity contribution is 0.0916. The van der Waals surface area contributed by atoms with Gasteiger partial charge in [-0.1, -0.05) is 18.2 Å². The van der Waals surface area contributed by atoms with Crippen LogP contribution in [0.25, 0.3) is 0 Å². The maximum atomic E-state index is 12.4. The fraction of sp³-hybridized carbons (Fsp3) is 0.333. The molecule has 0 saturated heterocycles. The Hall–Kier alpha value is -2.08. The molecule has 1 aromatic heterocycles. The van der Waals surface area contributed by atoms with E-state index in [1.807, 2.05) is 31.2 Å². The highest BCUT2D eigenvalue weighted by Crippen LogP contribution is 2.26. The molecular weight excluding hydrogens is 286 g/mol. The van der Waals surface area contributed by atoms with Gasteiger partial charge in [0.15, 0.2) is 0 Å². The summed E-state index contributed by atoms with van der Waals surface area (Å²) in [4.78, 5) is 12.4. The van der Waals surface area contributed by atoms with Crippen molar-refractivity contribution in [3.63, 3.8) is 0 Å². The smallest absolute Gasteiger partial charge is 0.256 e. The molecule has 1 amide bonds. The van der Waals surface area contributed by atoms with E-state index < -0.39 is 0 Å². The standard InChI is InChI=1S/C15H17N3O2S/c1-9-13(15(16-2)21-18-9)14(19)17-11-7-10-5-3-4-6-12(10)20-8-11/h3-6,11,16H,7-8H2,1-2H3,(H,17,19)/t11-/m0/s1. The summed E-state index contributed by atoms with van der Waals surface area (Å²) < 4.78 is 9.92. The van der Waals surface area contributed by atoms with Crippen LogP contribution in [0.2, 0.25) is 0 Å². The van der Waals surface area contributed by atoms with Crippen LogP contribution in [0.4, 0.5) is 5.00 Å². The molecule has 1 aliphatic rings. The molecule has 3 rings (SSSR count). The SMILES string of the molecule is CNc1snc(C)c1C(=O)N[C@@H]1COc2ccccc2C1. The number of benzene rings is 1. The van der Waals surface area contributed by atoms with Gasteiger partial charge in [-0.2, -0.15) is 4.37 Å². The second kappa shape index (κ2) is 5.73. The van der Waals surface area contributed by atoms with Crippen molar-refractivity contribution in [2.24, 2.45) is 0 Å². The van der Waals surface area contributed by atoms with E-state index in [0.717, 1.165) is 28.4 Å². The summed E-state index contributed by atoms with van der Waals surface area (Å²) in [6.07, 6.45) is 0.785. The second-order valence-corrected chi connectivity index (χ2v) is 5.79. The molecule has 2 aromatic rings. The number of anilines is 1. The lowest BCUT2D eigenvalue weighted by Gasteiger charge is -2.26. The monoisotopic (exact) mass is 303 g/mol. The largest absolute Gasteiger partial charge is 0.491 e. The van der Waals surface area contributed by atoms with Gasteiger partial charge in [0, 0.05) is 7.05 Å². The van der Waals surface area contributed by atoms with Crippen LogP contribution in [0, 0.1) is 6.92 Å². The van der Waals surface area contributed by atoms with Crippen LogP contribution in [-0.2, 0) is 6.42 Å². The predicted molar refractivity (Wildman–Crippen MR) is 83.3 cm³/mol. The van der Waals surface area contributed by atoms with E-state index >= 15 is 0 Å². The summed E-state index contributed by atoms with van der Waals surface area (Å²) >= 11 is 1.30. The number of carbonyl (C=O) groups is 1. The number of fused-ring (bicyclic) bond motifs is 1. The summed E-state index contributed by atoms with van der Waals surface area (Å²) in [5.74, 6) is 0.811. The number of hydrogen-bond donors (Lipinski definition) is 2. The highest BCUT2D eigenvalue weighted by atomic mass is 32.1. The third-order valence-corrected chi connectivity index (χ3v) is 4.49. The van der Waals surface area contributed by atoms with E-state index in [1.165, 1.54) is 11.5 Å². The Morgan fingerprint density at radius 1 is 1.43 bits per heavy atom. The minimum Gasteiger partial charge on any atom is -0.491 e. The van der Waals surface area contributed by atoms with Gasteiger partial charge < -0.3 is 15.4 Å². The van der Waals surface area contributed by atoms with E-state index in [2.05, 4.69) is 15.0 Å². The van der Waals surface area contributed by atoms with Crippen molar-refractivity contribution >= 4 is 22.4 Å². The Bertz CT molecular complexity index is 669. The number of aryl methyl sites for hydroxylation is 1. The Kier molecular flexibility index (Phi) is 3.79. The second-order valence-electron chi connectivity index (χ2n) is 5.02. The third kappa shape index (κ3) is 2.71. The van der Waals surface area contributed by atoms with Crippen LogP contribution >= 0.6 is 11.5 Å². The van der Waals surface area contributed by atoms with E-state index in [0.29, 0.717) is 12.2 Å². The van der Waals surface area contributed by atoms with Gasteiger partial charge in [0.25, 0.3) is 5.91 Å². The van der Waals surface area contributed by atoms with Crippen LogP contribution in [0.5, 0.6) is 5.75 Å². The van der Waals surface area contributed by atoms with Crippen molar-refractivity contribution < 1.29 is 9.53 Å². The highest BCUT2D eigenvalue weighted by molar-refractivity contribution is 7.10. The van der Waals surface area contributed by atoms with Gasteiger partial charge in [-0.25, -0.2) is 0 Å². The average molecular weight is 303 g/mol. The normalized spacial score (nSPS) is 16.8. The van der Waals surface area contributed by atoms with Gasteiger partial charge in [-0.15, -0.1) is 0 Å². The van der Waals surface area contributed by atoms with Crippen LogP contribution < -0.4 is 15.4 Å². The zero-order chi connectivity index (χ0) is 14.8. The van der Waals surface area contributed by atoms with Crippen LogP contribution in [-0.4, -0.2) is 30.0 Å². The molecule has 0 saturated carbocycles. The molecular formula is C15H17N3O2S. The van der Waals surface area contributed by atoms with Crippen molar-refractivity contribution in [1.29, 1.82) is 0 Å². The highest BCUT2D eigenvalue weighted by Gasteiger charge is 2.24. The molecule has 1 aromatic carbocycles. The van der Waals surface area contributed by atoms with Gasteiger partial charge in [0.05, 0.1) is 17.3 Å². The fourth-order valence-electron chi connectivity index (χ4n) is 2.49. The number of nitrogens with one attached hydrogen (secondary N) is 2. The van der Waals surface area contributed by atoms with Crippen LogP contribution in [0.3, 0.4) is 0 Å². The molecule has 2 N–H and O–H groups in total. The minimum atomic E-state index is -0.0985. The van der Waals surface area contributed by atoms with Gasteiger partial charge >= 0.3 is 0 Å².